The van der Waals surface area contributed by atoms with E-state index < -0.39 is 0 Å². The van der Waals surface area contributed by atoms with E-state index in [1.807, 2.05) is 0 Å². The van der Waals surface area contributed by atoms with E-state index in [0.717, 1.165) is 12.0 Å². The Balaban J connectivity index is 2.11. The minimum atomic E-state index is 0.246. The molecule has 0 radical (unpaired) electrons. The number of carbonyl (C=O) groups is 1. The first-order valence-electron chi connectivity index (χ1n) is 6.75. The summed E-state index contributed by atoms with van der Waals surface area (Å²) in [6, 6.07) is 0. The number of hydrogen-bond donors (Lipinski definition) is 0. The second-order valence-electron chi connectivity index (χ2n) is 5.99. The van der Waals surface area contributed by atoms with E-state index in [0.29, 0.717) is 5.41 Å². The molecule has 0 aromatic heterocycles. The molecule has 0 N–H and O–H groups in total. The van der Waals surface area contributed by atoms with Crippen LogP contribution in [0.25, 0.3) is 0 Å². The van der Waals surface area contributed by atoms with Gasteiger partial charge in [0.15, 0.2) is 5.78 Å². The summed E-state index contributed by atoms with van der Waals surface area (Å²) in [5.74, 6) is 0.246. The first-order chi connectivity index (χ1) is 8.10. The highest BCUT2D eigenvalue weighted by atomic mass is 16.1. The van der Waals surface area contributed by atoms with Gasteiger partial charge in [0.05, 0.1) is 0 Å². The molecule has 17 heavy (non-hydrogen) atoms. The van der Waals surface area contributed by atoms with Crippen LogP contribution in [0.5, 0.6) is 0 Å². The molecule has 1 nitrogen and oxygen atoms in total. The maximum Gasteiger partial charge on any atom is 0.156 e. The van der Waals surface area contributed by atoms with Gasteiger partial charge in [0, 0.05) is 0 Å². The van der Waals surface area contributed by atoms with Crippen molar-refractivity contribution >= 4 is 5.78 Å². The molecule has 0 heterocycles. The predicted molar refractivity (Wildman–Crippen MR) is 69.7 cm³/mol. The SMILES string of the molecule is CC(=O)C1=CC2=CCCC3(C)CCCC(=C23)C1. The number of rotatable bonds is 1. The van der Waals surface area contributed by atoms with Crippen LogP contribution in [0.15, 0.2) is 34.4 Å². The molecule has 90 valence electrons. The second kappa shape index (κ2) is 3.69. The van der Waals surface area contributed by atoms with Crippen LogP contribution >= 0.6 is 0 Å². The lowest BCUT2D eigenvalue weighted by molar-refractivity contribution is -0.113. The van der Waals surface area contributed by atoms with Gasteiger partial charge in [0.1, 0.15) is 0 Å². The minimum absolute atomic E-state index is 0.246. The molecule has 3 aliphatic rings. The first-order valence-corrected chi connectivity index (χ1v) is 6.75. The quantitative estimate of drug-likeness (QED) is 0.660. The largest absolute Gasteiger partial charge is 0.295 e. The van der Waals surface area contributed by atoms with Crippen molar-refractivity contribution in [1.29, 1.82) is 0 Å². The highest BCUT2D eigenvalue weighted by Gasteiger charge is 2.38. The summed E-state index contributed by atoms with van der Waals surface area (Å²) < 4.78 is 0. The van der Waals surface area contributed by atoms with Gasteiger partial charge in [-0.05, 0) is 73.7 Å². The highest BCUT2D eigenvalue weighted by molar-refractivity contribution is 5.95. The average Bonchev–Trinajstić information content (AvgIpc) is 2.28. The second-order valence-corrected chi connectivity index (χ2v) is 5.99. The maximum absolute atomic E-state index is 11.6. The van der Waals surface area contributed by atoms with Gasteiger partial charge in [0.2, 0.25) is 0 Å². The fraction of sp³-hybridized carbons (Fsp3) is 0.562. The van der Waals surface area contributed by atoms with Crippen molar-refractivity contribution in [3.05, 3.63) is 34.4 Å². The van der Waals surface area contributed by atoms with Gasteiger partial charge in [-0.25, -0.2) is 0 Å². The zero-order valence-corrected chi connectivity index (χ0v) is 10.8. The van der Waals surface area contributed by atoms with E-state index >= 15 is 0 Å². The smallest absolute Gasteiger partial charge is 0.156 e. The standard InChI is InChI=1S/C16H20O/c1-11(17)14-9-12-5-3-7-16(2)8-4-6-13(10-14)15(12)16/h5,9H,3-4,6-8,10H2,1-2H3. The molecule has 0 aromatic rings. The molecule has 0 aliphatic heterocycles. The Morgan fingerprint density at radius 3 is 2.94 bits per heavy atom. The normalized spacial score (nSPS) is 31.6. The van der Waals surface area contributed by atoms with Crippen LogP contribution in [0.1, 0.15) is 52.4 Å². The Bertz CT molecular complexity index is 476. The topological polar surface area (TPSA) is 17.1 Å². The lowest BCUT2D eigenvalue weighted by atomic mass is 9.61. The molecule has 1 heteroatoms. The summed E-state index contributed by atoms with van der Waals surface area (Å²) in [5, 5.41) is 0. The van der Waals surface area contributed by atoms with E-state index in [1.54, 1.807) is 18.1 Å². The first kappa shape index (κ1) is 11.0. The van der Waals surface area contributed by atoms with Crippen molar-refractivity contribution in [2.45, 2.75) is 52.4 Å². The van der Waals surface area contributed by atoms with Crippen molar-refractivity contribution in [3.63, 3.8) is 0 Å². The van der Waals surface area contributed by atoms with Crippen LogP contribution in [-0.2, 0) is 4.79 Å². The summed E-state index contributed by atoms with van der Waals surface area (Å²) in [4.78, 5) is 11.6. The predicted octanol–water partition coefficient (Wildman–Crippen LogP) is 4.11. The number of carbonyl (C=O) groups excluding carboxylic acids is 1. The molecular formula is C16H20O. The highest BCUT2D eigenvalue weighted by Crippen LogP contribution is 2.53. The molecule has 0 aromatic carbocycles. The summed E-state index contributed by atoms with van der Waals surface area (Å²) in [6.07, 6.45) is 11.7. The average molecular weight is 228 g/mol. The summed E-state index contributed by atoms with van der Waals surface area (Å²) >= 11 is 0. The van der Waals surface area contributed by atoms with Crippen LogP contribution in [0, 0.1) is 5.41 Å². The zero-order chi connectivity index (χ0) is 12.0. The van der Waals surface area contributed by atoms with Gasteiger partial charge in [-0.15, -0.1) is 0 Å². The molecule has 3 rings (SSSR count). The molecule has 0 spiro atoms. The third kappa shape index (κ3) is 1.64. The Kier molecular flexibility index (Phi) is 2.39. The van der Waals surface area contributed by atoms with Crippen LogP contribution in [0.4, 0.5) is 0 Å². The minimum Gasteiger partial charge on any atom is -0.295 e. The van der Waals surface area contributed by atoms with Crippen molar-refractivity contribution in [1.82, 2.24) is 0 Å². The summed E-state index contributed by atoms with van der Waals surface area (Å²) in [6.45, 7) is 4.11. The Labute approximate surface area is 103 Å². The molecule has 0 bridgehead atoms. The van der Waals surface area contributed by atoms with Gasteiger partial charge in [-0.3, -0.25) is 4.79 Å². The lowest BCUT2D eigenvalue weighted by Gasteiger charge is -2.43. The van der Waals surface area contributed by atoms with Crippen molar-refractivity contribution in [2.75, 3.05) is 0 Å². The van der Waals surface area contributed by atoms with Crippen LogP contribution in [-0.4, -0.2) is 5.78 Å². The van der Waals surface area contributed by atoms with Crippen molar-refractivity contribution in [2.24, 2.45) is 5.41 Å². The van der Waals surface area contributed by atoms with Gasteiger partial charge < -0.3 is 0 Å². The molecule has 0 fully saturated rings. The molecule has 1 atom stereocenters. The van der Waals surface area contributed by atoms with Gasteiger partial charge >= 0.3 is 0 Å². The van der Waals surface area contributed by atoms with Crippen molar-refractivity contribution < 1.29 is 4.79 Å². The monoisotopic (exact) mass is 228 g/mol. The fourth-order valence-corrected chi connectivity index (χ4v) is 3.82. The Morgan fingerprint density at radius 2 is 2.18 bits per heavy atom. The van der Waals surface area contributed by atoms with Crippen molar-refractivity contribution in [3.8, 4) is 0 Å². The third-order valence-corrected chi connectivity index (χ3v) is 4.70. The Hall–Kier alpha value is -1.11. The Morgan fingerprint density at radius 1 is 1.35 bits per heavy atom. The molecule has 0 amide bonds. The molecule has 1 unspecified atom stereocenters. The van der Waals surface area contributed by atoms with E-state index in [4.69, 9.17) is 0 Å². The van der Waals surface area contributed by atoms with E-state index in [-0.39, 0.29) is 5.78 Å². The van der Waals surface area contributed by atoms with Gasteiger partial charge in [-0.1, -0.05) is 18.6 Å². The lowest BCUT2D eigenvalue weighted by Crippen LogP contribution is -2.29. The zero-order valence-electron chi connectivity index (χ0n) is 10.8. The summed E-state index contributed by atoms with van der Waals surface area (Å²) in [7, 11) is 0. The van der Waals surface area contributed by atoms with Gasteiger partial charge in [0.25, 0.3) is 0 Å². The number of Topliss-reactive ketones (excluding diaryl/α,β-unsaturated/α-hetero) is 1. The molecular weight excluding hydrogens is 208 g/mol. The number of allylic oxidation sites excluding steroid dienone is 6. The number of ketones is 1. The molecule has 0 saturated heterocycles. The fourth-order valence-electron chi connectivity index (χ4n) is 3.82. The number of hydrogen-bond acceptors (Lipinski definition) is 1. The van der Waals surface area contributed by atoms with E-state index in [9.17, 15) is 4.79 Å². The van der Waals surface area contributed by atoms with Crippen LogP contribution < -0.4 is 0 Å². The molecule has 3 aliphatic carbocycles. The van der Waals surface area contributed by atoms with E-state index in [2.05, 4.69) is 19.1 Å². The third-order valence-electron chi connectivity index (χ3n) is 4.70. The maximum atomic E-state index is 11.6. The van der Waals surface area contributed by atoms with Gasteiger partial charge in [-0.2, -0.15) is 0 Å². The van der Waals surface area contributed by atoms with E-state index in [1.165, 1.54) is 37.7 Å². The van der Waals surface area contributed by atoms with Crippen LogP contribution in [0.2, 0.25) is 0 Å². The van der Waals surface area contributed by atoms with Crippen LogP contribution in [0.3, 0.4) is 0 Å². The summed E-state index contributed by atoms with van der Waals surface area (Å²) in [5.41, 5.74) is 5.93. The molecule has 0 saturated carbocycles.